The summed E-state index contributed by atoms with van der Waals surface area (Å²) in [6.07, 6.45) is 3.82. The van der Waals surface area contributed by atoms with Gasteiger partial charge in [-0.2, -0.15) is 0 Å². The van der Waals surface area contributed by atoms with E-state index in [2.05, 4.69) is 39.3 Å². The second-order valence-electron chi connectivity index (χ2n) is 9.09. The van der Waals surface area contributed by atoms with Gasteiger partial charge in [0.2, 0.25) is 0 Å². The fraction of sp³-hybridized carbons (Fsp3) is 0.739. The van der Waals surface area contributed by atoms with Crippen molar-refractivity contribution in [1.29, 1.82) is 0 Å². The predicted molar refractivity (Wildman–Crippen MR) is 125 cm³/mol. The van der Waals surface area contributed by atoms with Gasteiger partial charge in [0, 0.05) is 31.4 Å². The van der Waals surface area contributed by atoms with Gasteiger partial charge in [0.1, 0.15) is 18.5 Å². The molecular formula is C23H41N5O3. The maximum atomic E-state index is 10.7. The summed E-state index contributed by atoms with van der Waals surface area (Å²) < 4.78 is 11.6. The summed E-state index contributed by atoms with van der Waals surface area (Å²) in [5.74, 6) is 1.31. The third-order valence-electron chi connectivity index (χ3n) is 6.27. The molecule has 3 unspecified atom stereocenters. The number of rotatable bonds is 11. The summed E-state index contributed by atoms with van der Waals surface area (Å²) in [6.45, 7) is 9.07. The molecule has 0 radical (unpaired) electrons. The number of anilines is 1. The summed E-state index contributed by atoms with van der Waals surface area (Å²) in [4.78, 5) is 7.05. The molecule has 2 saturated heterocycles. The van der Waals surface area contributed by atoms with Gasteiger partial charge in [-0.15, -0.1) is 0 Å². The molecule has 8 heteroatoms. The molecule has 0 saturated carbocycles. The van der Waals surface area contributed by atoms with Crippen LogP contribution in [-0.2, 0) is 0 Å². The van der Waals surface area contributed by atoms with E-state index in [1.807, 2.05) is 32.2 Å². The van der Waals surface area contributed by atoms with Crippen LogP contribution in [0.2, 0.25) is 0 Å². The van der Waals surface area contributed by atoms with E-state index in [0.29, 0.717) is 24.2 Å². The van der Waals surface area contributed by atoms with Crippen molar-refractivity contribution < 1.29 is 14.6 Å². The van der Waals surface area contributed by atoms with Gasteiger partial charge in [-0.25, -0.2) is 0 Å². The Kier molecular flexibility index (Phi) is 8.41. The molecular weight excluding hydrogens is 394 g/mol. The average Bonchev–Trinajstić information content (AvgIpc) is 2.72. The maximum absolute atomic E-state index is 10.7. The lowest BCUT2D eigenvalue weighted by Crippen LogP contribution is -2.63. The van der Waals surface area contributed by atoms with Crippen molar-refractivity contribution >= 4 is 5.69 Å². The highest BCUT2D eigenvalue weighted by molar-refractivity contribution is 5.55. The number of hydrogen-bond donors (Lipinski definition) is 3. The quantitative estimate of drug-likeness (QED) is 0.486. The Hall–Kier alpha value is -1.58. The average molecular weight is 436 g/mol. The van der Waals surface area contributed by atoms with Crippen LogP contribution in [0.1, 0.15) is 33.1 Å². The van der Waals surface area contributed by atoms with Crippen molar-refractivity contribution in [3.63, 3.8) is 0 Å². The third-order valence-corrected chi connectivity index (χ3v) is 6.27. The Balaban J connectivity index is 1.70. The molecule has 3 rings (SSSR count). The van der Waals surface area contributed by atoms with E-state index in [-0.39, 0.29) is 12.9 Å². The van der Waals surface area contributed by atoms with Crippen LogP contribution in [0.3, 0.4) is 0 Å². The minimum atomic E-state index is -0.906. The second-order valence-corrected chi connectivity index (χ2v) is 9.09. The van der Waals surface area contributed by atoms with Crippen molar-refractivity contribution in [2.24, 2.45) is 0 Å². The zero-order valence-electron chi connectivity index (χ0n) is 19.9. The zero-order chi connectivity index (χ0) is 22.4. The van der Waals surface area contributed by atoms with E-state index in [1.54, 1.807) is 7.11 Å². The number of likely N-dealkylation sites (tertiary alicyclic amines) is 1. The fourth-order valence-corrected chi connectivity index (χ4v) is 4.43. The Morgan fingerprint density at radius 1 is 1.23 bits per heavy atom. The molecule has 3 N–H and O–H groups in total. The second kappa shape index (κ2) is 10.8. The Morgan fingerprint density at radius 3 is 2.61 bits per heavy atom. The molecule has 1 aromatic carbocycles. The van der Waals surface area contributed by atoms with Gasteiger partial charge in [0.05, 0.1) is 13.3 Å². The maximum Gasteiger partial charge on any atom is 0.163 e. The van der Waals surface area contributed by atoms with Crippen molar-refractivity contribution in [2.45, 2.75) is 51.2 Å². The minimum Gasteiger partial charge on any atom is -0.493 e. The van der Waals surface area contributed by atoms with Crippen molar-refractivity contribution in [3.05, 3.63) is 18.2 Å². The van der Waals surface area contributed by atoms with Crippen LogP contribution in [0.4, 0.5) is 5.69 Å². The summed E-state index contributed by atoms with van der Waals surface area (Å²) in [5.41, 5.74) is 0.0593. The molecule has 0 aromatic heterocycles. The van der Waals surface area contributed by atoms with Gasteiger partial charge in [-0.05, 0) is 65.5 Å². The Bertz CT molecular complexity index is 696. The van der Waals surface area contributed by atoms with Crippen LogP contribution < -0.4 is 20.1 Å². The molecule has 3 atom stereocenters. The first-order chi connectivity index (χ1) is 14.9. The number of nitrogens with one attached hydrogen (secondary N) is 2. The largest absolute Gasteiger partial charge is 0.493 e. The number of methoxy groups -OCH3 is 1. The molecule has 2 heterocycles. The van der Waals surface area contributed by atoms with Crippen LogP contribution >= 0.6 is 0 Å². The van der Waals surface area contributed by atoms with E-state index < -0.39 is 5.60 Å². The number of nitrogens with zero attached hydrogens (tertiary/aromatic N) is 3. The van der Waals surface area contributed by atoms with Crippen LogP contribution in [0.5, 0.6) is 11.5 Å². The smallest absolute Gasteiger partial charge is 0.163 e. The van der Waals surface area contributed by atoms with Gasteiger partial charge < -0.3 is 30.1 Å². The van der Waals surface area contributed by atoms with Gasteiger partial charge in [-0.1, -0.05) is 6.92 Å². The number of aliphatic hydroxyl groups is 1. The first kappa shape index (κ1) is 24.1. The Morgan fingerprint density at radius 2 is 2.00 bits per heavy atom. The van der Waals surface area contributed by atoms with Crippen LogP contribution in [0, 0.1) is 0 Å². The van der Waals surface area contributed by atoms with Crippen molar-refractivity contribution in [1.82, 2.24) is 20.0 Å². The Labute approximate surface area is 187 Å². The monoisotopic (exact) mass is 435 g/mol. The normalized spacial score (nSPS) is 25.0. The highest BCUT2D eigenvalue weighted by atomic mass is 16.5. The topological polar surface area (TPSA) is 72.5 Å². The van der Waals surface area contributed by atoms with E-state index in [1.165, 1.54) is 6.42 Å². The molecule has 0 spiro atoms. The van der Waals surface area contributed by atoms with Crippen LogP contribution in [0.15, 0.2) is 18.2 Å². The van der Waals surface area contributed by atoms with Crippen LogP contribution in [0.25, 0.3) is 0 Å². The first-order valence-electron chi connectivity index (χ1n) is 11.5. The fourth-order valence-electron chi connectivity index (χ4n) is 4.43. The lowest BCUT2D eigenvalue weighted by Gasteiger charge is -2.47. The summed E-state index contributed by atoms with van der Waals surface area (Å²) in [6, 6.07) is 5.91. The zero-order valence-corrected chi connectivity index (χ0v) is 19.9. The van der Waals surface area contributed by atoms with Gasteiger partial charge in [0.15, 0.2) is 11.5 Å². The number of β-amino-alcohol motifs (C(OH)–C–C–N with tert-alkyl or cyclic N) is 1. The lowest BCUT2D eigenvalue weighted by molar-refractivity contribution is -0.0310. The molecule has 2 aliphatic rings. The number of ether oxygens (including phenoxy) is 2. The molecule has 176 valence electrons. The van der Waals surface area contributed by atoms with E-state index in [0.717, 1.165) is 44.7 Å². The summed E-state index contributed by atoms with van der Waals surface area (Å²) in [5, 5.41) is 17.8. The van der Waals surface area contributed by atoms with Crippen LogP contribution in [-0.4, -0.2) is 98.4 Å². The molecule has 2 aliphatic heterocycles. The van der Waals surface area contributed by atoms with E-state index in [4.69, 9.17) is 9.47 Å². The standard InChI is InChI=1S/C23H41N5O3/c1-6-11-28-14-10-21(24-3)26(4)22(28)25-18-8-9-19(30-5)20(15-18)31-17-23(2,29)16-27-12-7-13-27/h8-9,15,21-22,24-25,29H,6-7,10-14,16-17H2,1-5H3. The minimum absolute atomic E-state index is 0.0851. The van der Waals surface area contributed by atoms with E-state index in [9.17, 15) is 5.11 Å². The van der Waals surface area contributed by atoms with Crippen molar-refractivity contribution in [2.75, 3.05) is 65.9 Å². The highest BCUT2D eigenvalue weighted by Gasteiger charge is 2.32. The van der Waals surface area contributed by atoms with Gasteiger partial charge in [-0.3, -0.25) is 9.80 Å². The predicted octanol–water partition coefficient (Wildman–Crippen LogP) is 1.82. The van der Waals surface area contributed by atoms with Gasteiger partial charge in [0.25, 0.3) is 0 Å². The molecule has 31 heavy (non-hydrogen) atoms. The third kappa shape index (κ3) is 6.23. The molecule has 0 amide bonds. The molecule has 0 bridgehead atoms. The summed E-state index contributed by atoms with van der Waals surface area (Å²) >= 11 is 0. The molecule has 2 fully saturated rings. The molecule has 0 aliphatic carbocycles. The first-order valence-corrected chi connectivity index (χ1v) is 11.5. The van der Waals surface area contributed by atoms with Gasteiger partial charge >= 0.3 is 0 Å². The number of hydrogen-bond acceptors (Lipinski definition) is 8. The van der Waals surface area contributed by atoms with E-state index >= 15 is 0 Å². The van der Waals surface area contributed by atoms with Crippen molar-refractivity contribution in [3.8, 4) is 11.5 Å². The highest BCUT2D eigenvalue weighted by Crippen LogP contribution is 2.32. The molecule has 8 nitrogen and oxygen atoms in total. The number of benzene rings is 1. The molecule has 1 aromatic rings. The SMILES string of the molecule is CCCN1CCC(NC)N(C)C1Nc1ccc(OC)c(OCC(C)(O)CN2CCC2)c1. The summed E-state index contributed by atoms with van der Waals surface area (Å²) in [7, 11) is 5.80. The lowest BCUT2D eigenvalue weighted by atomic mass is 10.1.